The summed E-state index contributed by atoms with van der Waals surface area (Å²) in [6.45, 7) is 0.639. The van der Waals surface area contributed by atoms with Gasteiger partial charge in [-0.2, -0.15) is 0 Å². The average molecular weight is 289 g/mol. The minimum absolute atomic E-state index is 0.168. The van der Waals surface area contributed by atoms with E-state index in [2.05, 4.69) is 15.5 Å². The lowest BCUT2D eigenvalue weighted by Crippen LogP contribution is -2.52. The van der Waals surface area contributed by atoms with Crippen LogP contribution >= 0.6 is 0 Å². The van der Waals surface area contributed by atoms with Crippen molar-refractivity contribution in [3.05, 3.63) is 36.3 Å². The highest BCUT2D eigenvalue weighted by atomic mass is 16.5. The van der Waals surface area contributed by atoms with Gasteiger partial charge >= 0.3 is 0 Å². The Hall–Kier alpha value is -2.25. The zero-order valence-electron chi connectivity index (χ0n) is 11.3. The fourth-order valence-electron chi connectivity index (χ4n) is 2.21. The first-order valence-electron chi connectivity index (χ1n) is 6.61. The van der Waals surface area contributed by atoms with Crippen molar-refractivity contribution in [2.24, 2.45) is 0 Å². The van der Waals surface area contributed by atoms with Crippen LogP contribution in [0.1, 0.15) is 16.9 Å². The molecule has 1 saturated heterocycles. The second kappa shape index (κ2) is 5.63. The quantitative estimate of drug-likeness (QED) is 0.856. The van der Waals surface area contributed by atoms with Crippen LogP contribution in [0.15, 0.2) is 35.1 Å². The average Bonchev–Trinajstić information content (AvgIpc) is 3.18. The Labute approximate surface area is 120 Å². The van der Waals surface area contributed by atoms with E-state index < -0.39 is 11.4 Å². The molecule has 2 aromatic heterocycles. The molecule has 3 rings (SSSR count). The minimum atomic E-state index is -0.729. The van der Waals surface area contributed by atoms with E-state index >= 15 is 0 Å². The number of carbonyl (C=O) groups is 1. The molecule has 0 spiro atoms. The van der Waals surface area contributed by atoms with Gasteiger partial charge in [0.05, 0.1) is 18.8 Å². The molecular weight excluding hydrogens is 274 g/mol. The molecule has 110 valence electrons. The molecule has 0 bridgehead atoms. The number of aliphatic hydroxyl groups is 1. The number of hydrogen-bond donors (Lipinski definition) is 2. The van der Waals surface area contributed by atoms with Gasteiger partial charge in [-0.3, -0.25) is 9.78 Å². The first kappa shape index (κ1) is 13.7. The number of aromatic nitrogens is 2. The van der Waals surface area contributed by atoms with Crippen LogP contribution < -0.4 is 5.32 Å². The lowest BCUT2D eigenvalue weighted by Gasteiger charge is -2.25. The zero-order valence-corrected chi connectivity index (χ0v) is 11.3. The second-order valence-electron chi connectivity index (χ2n) is 5.01. The van der Waals surface area contributed by atoms with Crippen LogP contribution in [0.2, 0.25) is 0 Å². The van der Waals surface area contributed by atoms with Crippen molar-refractivity contribution in [2.75, 3.05) is 19.8 Å². The van der Waals surface area contributed by atoms with Gasteiger partial charge in [0.15, 0.2) is 11.5 Å². The van der Waals surface area contributed by atoms with Gasteiger partial charge in [-0.1, -0.05) is 5.16 Å². The van der Waals surface area contributed by atoms with Crippen LogP contribution in [0.4, 0.5) is 0 Å². The van der Waals surface area contributed by atoms with Gasteiger partial charge in [0.2, 0.25) is 0 Å². The summed E-state index contributed by atoms with van der Waals surface area (Å²) in [5.41, 5.74) is 0.228. The molecule has 7 heteroatoms. The van der Waals surface area contributed by atoms with Crippen molar-refractivity contribution in [2.45, 2.75) is 12.0 Å². The minimum Gasteiger partial charge on any atom is -0.394 e. The van der Waals surface area contributed by atoms with Crippen LogP contribution in [0.5, 0.6) is 0 Å². The maximum Gasteiger partial charge on any atom is 0.274 e. The normalized spacial score (nSPS) is 21.4. The number of amides is 1. The maximum absolute atomic E-state index is 12.2. The van der Waals surface area contributed by atoms with Crippen molar-refractivity contribution in [3.63, 3.8) is 0 Å². The molecule has 1 atom stereocenters. The van der Waals surface area contributed by atoms with Crippen LogP contribution in [0, 0.1) is 0 Å². The molecule has 1 fully saturated rings. The van der Waals surface area contributed by atoms with Crippen molar-refractivity contribution >= 4 is 5.91 Å². The lowest BCUT2D eigenvalue weighted by atomic mass is 10.00. The molecule has 2 N–H and O–H groups in total. The van der Waals surface area contributed by atoms with Gasteiger partial charge in [-0.15, -0.1) is 0 Å². The van der Waals surface area contributed by atoms with E-state index in [0.717, 1.165) is 5.56 Å². The van der Waals surface area contributed by atoms with Gasteiger partial charge in [0.1, 0.15) is 0 Å². The standard InChI is InChI=1S/C14H15N3O4/c18-8-14(3-6-20-9-14)16-13(19)11-7-12(21-17-11)10-1-4-15-5-2-10/h1-2,4-5,7,18H,3,6,8-9H2,(H,16,19). The third-order valence-corrected chi connectivity index (χ3v) is 3.49. The molecule has 3 heterocycles. The molecule has 1 amide bonds. The topological polar surface area (TPSA) is 97.5 Å². The second-order valence-corrected chi connectivity index (χ2v) is 5.01. The molecule has 7 nitrogen and oxygen atoms in total. The van der Waals surface area contributed by atoms with E-state index in [1.54, 1.807) is 30.6 Å². The van der Waals surface area contributed by atoms with E-state index in [-0.39, 0.29) is 12.3 Å². The first-order chi connectivity index (χ1) is 10.2. The molecule has 0 saturated carbocycles. The number of nitrogens with zero attached hydrogens (tertiary/aromatic N) is 2. The molecule has 2 aromatic rings. The largest absolute Gasteiger partial charge is 0.394 e. The molecule has 0 radical (unpaired) electrons. The third kappa shape index (κ3) is 2.79. The fourth-order valence-corrected chi connectivity index (χ4v) is 2.21. The fraction of sp³-hybridized carbons (Fsp3) is 0.357. The summed E-state index contributed by atoms with van der Waals surface area (Å²) in [7, 11) is 0. The van der Waals surface area contributed by atoms with E-state index in [9.17, 15) is 9.90 Å². The predicted molar refractivity (Wildman–Crippen MR) is 72.5 cm³/mol. The van der Waals surface area contributed by atoms with Crippen LogP contribution in [0.3, 0.4) is 0 Å². The Kier molecular flexibility index (Phi) is 3.68. The third-order valence-electron chi connectivity index (χ3n) is 3.49. The number of ether oxygens (including phenoxy) is 1. The van der Waals surface area contributed by atoms with Crippen molar-refractivity contribution in [3.8, 4) is 11.3 Å². The van der Waals surface area contributed by atoms with E-state index in [1.807, 2.05) is 0 Å². The van der Waals surface area contributed by atoms with Gasteiger partial charge in [0.25, 0.3) is 5.91 Å². The SMILES string of the molecule is O=C(NC1(CO)CCOC1)c1cc(-c2ccncc2)on1. The summed E-state index contributed by atoms with van der Waals surface area (Å²) < 4.78 is 10.4. The smallest absolute Gasteiger partial charge is 0.274 e. The molecule has 1 aliphatic rings. The maximum atomic E-state index is 12.2. The van der Waals surface area contributed by atoms with Gasteiger partial charge < -0.3 is 19.7 Å². The number of rotatable bonds is 4. The summed E-state index contributed by atoms with van der Waals surface area (Å²) >= 11 is 0. The van der Waals surface area contributed by atoms with E-state index in [4.69, 9.17) is 9.26 Å². The summed E-state index contributed by atoms with van der Waals surface area (Å²) in [6.07, 6.45) is 3.84. The van der Waals surface area contributed by atoms with Crippen LogP contribution in [0.25, 0.3) is 11.3 Å². The van der Waals surface area contributed by atoms with Crippen molar-refractivity contribution in [1.29, 1.82) is 0 Å². The number of aliphatic hydroxyl groups excluding tert-OH is 1. The summed E-state index contributed by atoms with van der Waals surface area (Å²) in [6, 6.07) is 5.09. The Morgan fingerprint density at radius 3 is 2.90 bits per heavy atom. The highest BCUT2D eigenvalue weighted by molar-refractivity contribution is 5.93. The van der Waals surface area contributed by atoms with Crippen molar-refractivity contribution in [1.82, 2.24) is 15.5 Å². The number of nitrogens with one attached hydrogen (secondary N) is 1. The number of pyridine rings is 1. The number of hydrogen-bond acceptors (Lipinski definition) is 6. The van der Waals surface area contributed by atoms with Gasteiger partial charge in [-0.05, 0) is 18.6 Å². The summed E-state index contributed by atoms with van der Waals surface area (Å²) in [5.74, 6) is 0.0990. The molecular formula is C14H15N3O4. The summed E-state index contributed by atoms with van der Waals surface area (Å²) in [5, 5.41) is 16.0. The van der Waals surface area contributed by atoms with E-state index in [1.165, 1.54) is 0 Å². The summed E-state index contributed by atoms with van der Waals surface area (Å²) in [4.78, 5) is 16.1. The first-order valence-corrected chi connectivity index (χ1v) is 6.61. The van der Waals surface area contributed by atoms with Crippen molar-refractivity contribution < 1.29 is 19.2 Å². The Morgan fingerprint density at radius 1 is 1.43 bits per heavy atom. The Balaban J connectivity index is 1.75. The highest BCUT2D eigenvalue weighted by Crippen LogP contribution is 2.21. The van der Waals surface area contributed by atoms with Crippen LogP contribution in [-0.2, 0) is 4.74 Å². The van der Waals surface area contributed by atoms with Gasteiger partial charge in [0, 0.05) is 30.6 Å². The van der Waals surface area contributed by atoms with E-state index in [0.29, 0.717) is 25.4 Å². The lowest BCUT2D eigenvalue weighted by molar-refractivity contribution is 0.0781. The highest BCUT2D eigenvalue weighted by Gasteiger charge is 2.36. The monoisotopic (exact) mass is 289 g/mol. The predicted octanol–water partition coefficient (Wildman–Crippen LogP) is 0.618. The van der Waals surface area contributed by atoms with Gasteiger partial charge in [-0.25, -0.2) is 0 Å². The molecule has 0 aromatic carbocycles. The Bertz CT molecular complexity index is 620. The molecule has 21 heavy (non-hydrogen) atoms. The van der Waals surface area contributed by atoms with Crippen LogP contribution in [-0.4, -0.2) is 46.5 Å². The zero-order chi connectivity index (χ0) is 14.7. The molecule has 1 unspecified atom stereocenters. The number of carbonyl (C=O) groups excluding carboxylic acids is 1. The molecule has 1 aliphatic heterocycles. The molecule has 0 aliphatic carbocycles. The Morgan fingerprint density at radius 2 is 2.24 bits per heavy atom.